The molecule has 3 rings (SSSR count). The summed E-state index contributed by atoms with van der Waals surface area (Å²) in [5.74, 6) is -0.812. The molecule has 0 aliphatic heterocycles. The van der Waals surface area contributed by atoms with Gasteiger partial charge in [0.05, 0.1) is 10.0 Å². The summed E-state index contributed by atoms with van der Waals surface area (Å²) >= 11 is 12.0. The molecule has 0 aromatic heterocycles. The van der Waals surface area contributed by atoms with Crippen LogP contribution in [0.2, 0.25) is 10.0 Å². The molecule has 0 bridgehead atoms. The topological polar surface area (TPSA) is 111 Å². The summed E-state index contributed by atoms with van der Waals surface area (Å²) in [4.78, 5) is 35.9. The molecular weight excluding hydrogens is 441 g/mol. The average molecular weight is 458 g/mol. The predicted molar refractivity (Wildman–Crippen MR) is 118 cm³/mol. The zero-order valence-electron chi connectivity index (χ0n) is 16.0. The third-order valence-corrected chi connectivity index (χ3v) is 4.85. The van der Waals surface area contributed by atoms with Gasteiger partial charge in [-0.2, -0.15) is 0 Å². The fraction of sp³-hybridized carbons (Fsp3) is 0.0455. The van der Waals surface area contributed by atoms with Crippen LogP contribution in [-0.2, 0) is 4.79 Å². The number of ether oxygens (including phenoxy) is 1. The van der Waals surface area contributed by atoms with Crippen LogP contribution in [0.5, 0.6) is 5.75 Å². The highest BCUT2D eigenvalue weighted by Crippen LogP contribution is 2.30. The molecule has 158 valence electrons. The number of primary amides is 1. The van der Waals surface area contributed by atoms with Gasteiger partial charge < -0.3 is 15.8 Å². The monoisotopic (exact) mass is 457 g/mol. The van der Waals surface area contributed by atoms with E-state index < -0.39 is 23.9 Å². The van der Waals surface area contributed by atoms with Gasteiger partial charge in [0.2, 0.25) is 6.10 Å². The van der Waals surface area contributed by atoms with E-state index in [0.29, 0.717) is 27.0 Å². The van der Waals surface area contributed by atoms with E-state index in [1.807, 2.05) is 11.4 Å². The smallest absolute Gasteiger partial charge is 0.319 e. The van der Waals surface area contributed by atoms with Crippen molar-refractivity contribution in [2.24, 2.45) is 5.73 Å². The third kappa shape index (κ3) is 5.97. The molecular formula is C22H17Cl2N3O4. The largest absolute Gasteiger partial charge is 0.476 e. The lowest BCUT2D eigenvalue weighted by molar-refractivity contribution is -0.123. The fourth-order valence-corrected chi connectivity index (χ4v) is 3.01. The molecule has 0 heterocycles. The van der Waals surface area contributed by atoms with E-state index in [0.717, 1.165) is 0 Å². The van der Waals surface area contributed by atoms with Crippen molar-refractivity contribution < 1.29 is 19.1 Å². The number of halogens is 2. The van der Waals surface area contributed by atoms with Gasteiger partial charge in [-0.1, -0.05) is 59.6 Å². The molecule has 0 fully saturated rings. The molecule has 1 unspecified atom stereocenters. The number of nitrogens with one attached hydrogen (secondary N) is 2. The third-order valence-electron chi connectivity index (χ3n) is 4.11. The number of carbonyl (C=O) groups excluding carboxylic acids is 3. The lowest BCUT2D eigenvalue weighted by atomic mass is 10.1. The van der Waals surface area contributed by atoms with E-state index in [4.69, 9.17) is 33.7 Å². The van der Waals surface area contributed by atoms with Crippen LogP contribution in [0.3, 0.4) is 0 Å². The van der Waals surface area contributed by atoms with Crippen LogP contribution in [0.25, 0.3) is 0 Å². The number of hydrogen-bond donors (Lipinski definition) is 3. The Bertz CT molecular complexity index is 1120. The minimum atomic E-state index is -1.01. The molecule has 4 amide bonds. The van der Waals surface area contributed by atoms with Crippen molar-refractivity contribution in [1.29, 1.82) is 0 Å². The van der Waals surface area contributed by atoms with E-state index in [1.165, 1.54) is 18.2 Å². The Hall–Kier alpha value is -3.55. The summed E-state index contributed by atoms with van der Waals surface area (Å²) in [7, 11) is 0. The first kappa shape index (κ1) is 22.1. The summed E-state index contributed by atoms with van der Waals surface area (Å²) in [6, 6.07) is 18.6. The Morgan fingerprint density at radius 3 is 2.29 bits per heavy atom. The molecule has 0 saturated carbocycles. The second-order valence-corrected chi connectivity index (χ2v) is 7.19. The molecule has 0 radical (unpaired) electrons. The van der Waals surface area contributed by atoms with Crippen molar-refractivity contribution in [2.75, 3.05) is 5.32 Å². The van der Waals surface area contributed by atoms with Crippen molar-refractivity contribution >= 4 is 46.7 Å². The number of carbonyl (C=O) groups is 3. The summed E-state index contributed by atoms with van der Waals surface area (Å²) in [5.41, 5.74) is 6.06. The first-order valence-electron chi connectivity index (χ1n) is 9.02. The number of amides is 4. The van der Waals surface area contributed by atoms with Gasteiger partial charge in [0.1, 0.15) is 5.75 Å². The fourth-order valence-electron chi connectivity index (χ4n) is 2.72. The second kappa shape index (κ2) is 9.97. The molecule has 31 heavy (non-hydrogen) atoms. The standard InChI is InChI=1S/C22H17Cl2N3O4/c23-17-10-9-16(12-18(17)24)31-19(13-5-2-1-3-6-13)21(29)26-15-8-4-7-14(11-15)20(28)27-22(25)30/h1-12,19H,(H,26,29)(H3,25,27,28,30). The highest BCUT2D eigenvalue weighted by atomic mass is 35.5. The molecule has 3 aromatic rings. The van der Waals surface area contributed by atoms with Crippen LogP contribution in [0.1, 0.15) is 22.0 Å². The van der Waals surface area contributed by atoms with Crippen LogP contribution in [-0.4, -0.2) is 17.8 Å². The van der Waals surface area contributed by atoms with Gasteiger partial charge in [0.15, 0.2) is 0 Å². The molecule has 0 aliphatic rings. The highest BCUT2D eigenvalue weighted by Gasteiger charge is 2.23. The number of urea groups is 1. The zero-order valence-corrected chi connectivity index (χ0v) is 17.5. The Balaban J connectivity index is 1.84. The van der Waals surface area contributed by atoms with Crippen molar-refractivity contribution in [1.82, 2.24) is 5.32 Å². The minimum absolute atomic E-state index is 0.151. The summed E-state index contributed by atoms with van der Waals surface area (Å²) in [5, 5.41) is 5.34. The van der Waals surface area contributed by atoms with Gasteiger partial charge in [-0.3, -0.25) is 14.9 Å². The van der Waals surface area contributed by atoms with Crippen molar-refractivity contribution in [2.45, 2.75) is 6.10 Å². The maximum atomic E-state index is 13.1. The predicted octanol–water partition coefficient (Wildman–Crippen LogP) is 4.56. The number of nitrogens with two attached hydrogens (primary N) is 1. The molecule has 4 N–H and O–H groups in total. The molecule has 7 nitrogen and oxygen atoms in total. The van der Waals surface area contributed by atoms with Crippen LogP contribution in [0.15, 0.2) is 72.8 Å². The van der Waals surface area contributed by atoms with Gasteiger partial charge in [-0.05, 0) is 30.3 Å². The SMILES string of the molecule is NC(=O)NC(=O)c1cccc(NC(=O)C(Oc2ccc(Cl)c(Cl)c2)c2ccccc2)c1. The van der Waals surface area contributed by atoms with Crippen LogP contribution in [0, 0.1) is 0 Å². The van der Waals surface area contributed by atoms with Crippen molar-refractivity contribution in [3.05, 3.63) is 94.0 Å². The number of anilines is 1. The summed E-state index contributed by atoms with van der Waals surface area (Å²) in [6.07, 6.45) is -1.01. The first-order chi connectivity index (χ1) is 14.8. The van der Waals surface area contributed by atoms with E-state index in [1.54, 1.807) is 48.5 Å². The van der Waals surface area contributed by atoms with Crippen molar-refractivity contribution in [3.63, 3.8) is 0 Å². The van der Waals surface area contributed by atoms with Crippen LogP contribution in [0.4, 0.5) is 10.5 Å². The zero-order chi connectivity index (χ0) is 22.4. The van der Waals surface area contributed by atoms with Gasteiger partial charge in [-0.25, -0.2) is 4.79 Å². The van der Waals surface area contributed by atoms with E-state index >= 15 is 0 Å². The van der Waals surface area contributed by atoms with Gasteiger partial charge in [0.25, 0.3) is 11.8 Å². The summed E-state index contributed by atoms with van der Waals surface area (Å²) in [6.45, 7) is 0. The van der Waals surface area contributed by atoms with Gasteiger partial charge in [0, 0.05) is 22.9 Å². The molecule has 0 aliphatic carbocycles. The van der Waals surface area contributed by atoms with E-state index in [-0.39, 0.29) is 5.56 Å². The van der Waals surface area contributed by atoms with Gasteiger partial charge >= 0.3 is 6.03 Å². The maximum Gasteiger partial charge on any atom is 0.319 e. The highest BCUT2D eigenvalue weighted by molar-refractivity contribution is 6.42. The molecule has 1 atom stereocenters. The Morgan fingerprint density at radius 2 is 1.61 bits per heavy atom. The Kier molecular flexibility index (Phi) is 7.12. The van der Waals surface area contributed by atoms with E-state index in [2.05, 4.69) is 5.32 Å². The Labute approximate surface area is 188 Å². The molecule has 0 spiro atoms. The van der Waals surface area contributed by atoms with Crippen LogP contribution >= 0.6 is 23.2 Å². The van der Waals surface area contributed by atoms with Crippen molar-refractivity contribution in [3.8, 4) is 5.75 Å². The number of imide groups is 1. The van der Waals surface area contributed by atoms with Crippen LogP contribution < -0.4 is 21.1 Å². The summed E-state index contributed by atoms with van der Waals surface area (Å²) < 4.78 is 5.91. The quantitative estimate of drug-likeness (QED) is 0.503. The first-order valence-corrected chi connectivity index (χ1v) is 9.77. The normalized spacial score (nSPS) is 11.3. The number of hydrogen-bond acceptors (Lipinski definition) is 4. The lowest BCUT2D eigenvalue weighted by Crippen LogP contribution is -2.35. The Morgan fingerprint density at radius 1 is 0.871 bits per heavy atom. The number of rotatable bonds is 6. The number of benzene rings is 3. The van der Waals surface area contributed by atoms with Gasteiger partial charge in [-0.15, -0.1) is 0 Å². The average Bonchev–Trinajstić information content (AvgIpc) is 2.74. The molecule has 3 aromatic carbocycles. The second-order valence-electron chi connectivity index (χ2n) is 6.37. The molecule has 9 heteroatoms. The lowest BCUT2D eigenvalue weighted by Gasteiger charge is -2.20. The molecule has 0 saturated heterocycles. The maximum absolute atomic E-state index is 13.1. The minimum Gasteiger partial charge on any atom is -0.476 e. The van der Waals surface area contributed by atoms with E-state index in [9.17, 15) is 14.4 Å².